The number of hydrogen-bond acceptors (Lipinski definition) is 5. The van der Waals surface area contributed by atoms with Crippen LogP contribution in [-0.4, -0.2) is 36.5 Å². The highest BCUT2D eigenvalue weighted by molar-refractivity contribution is 6.04. The number of nitrogens with one attached hydrogen (secondary N) is 2. The average molecular weight is 860 g/mol. The van der Waals surface area contributed by atoms with Crippen LogP contribution in [0.5, 0.6) is 0 Å². The molecular formula is C56H81N3O4. The van der Waals surface area contributed by atoms with Crippen LogP contribution in [0.4, 0.5) is 0 Å². The highest BCUT2D eigenvalue weighted by Crippen LogP contribution is 2.70. The molecule has 0 bridgehead atoms. The molecule has 0 heterocycles. The van der Waals surface area contributed by atoms with Gasteiger partial charge in [0.1, 0.15) is 6.07 Å². The van der Waals surface area contributed by atoms with Crippen molar-refractivity contribution in [2.45, 2.75) is 159 Å². The normalized spacial score (nSPS) is 30.9. The molecule has 2 amide bonds. The minimum absolute atomic E-state index is 0.00695. The number of ketones is 2. The predicted molar refractivity (Wildman–Crippen MR) is 259 cm³/mol. The molecule has 7 atom stereocenters. The molecule has 5 aliphatic rings. The Kier molecular flexibility index (Phi) is 18.8. The van der Waals surface area contributed by atoms with E-state index in [-0.39, 0.29) is 63.5 Å². The highest BCUT2D eigenvalue weighted by atomic mass is 16.2. The van der Waals surface area contributed by atoms with Gasteiger partial charge in [-0.1, -0.05) is 147 Å². The molecule has 7 nitrogen and oxygen atoms in total. The quantitative estimate of drug-likeness (QED) is 0.105. The largest absolute Gasteiger partial charge is 0.354 e. The monoisotopic (exact) mass is 860 g/mol. The number of fused-ring (bicyclic) bond motifs is 7. The van der Waals surface area contributed by atoms with Crippen molar-refractivity contribution >= 4 is 23.4 Å². The van der Waals surface area contributed by atoms with Crippen molar-refractivity contribution in [2.24, 2.45) is 50.7 Å². The Balaban J connectivity index is 0.00000429. The van der Waals surface area contributed by atoms with Gasteiger partial charge in [-0.2, -0.15) is 5.26 Å². The van der Waals surface area contributed by atoms with Crippen molar-refractivity contribution in [1.29, 1.82) is 5.26 Å². The van der Waals surface area contributed by atoms with Gasteiger partial charge in [-0.25, -0.2) is 0 Å². The van der Waals surface area contributed by atoms with Gasteiger partial charge in [0.25, 0.3) is 0 Å². The fourth-order valence-electron chi connectivity index (χ4n) is 12.2. The molecule has 2 N–H and O–H groups in total. The number of carbonyl (C=O) groups excluding carboxylic acids is 4. The Labute approximate surface area is 381 Å². The van der Waals surface area contributed by atoms with E-state index < -0.39 is 16.2 Å². The van der Waals surface area contributed by atoms with Crippen molar-refractivity contribution < 1.29 is 19.2 Å². The van der Waals surface area contributed by atoms with Crippen LogP contribution >= 0.6 is 0 Å². The number of allylic oxidation sites excluding steroid dienone is 16. The second kappa shape index (κ2) is 23.0. The van der Waals surface area contributed by atoms with Gasteiger partial charge in [0, 0.05) is 36.3 Å². The molecule has 0 spiro atoms. The zero-order valence-corrected chi connectivity index (χ0v) is 40.5. The minimum Gasteiger partial charge on any atom is -0.354 e. The van der Waals surface area contributed by atoms with Gasteiger partial charge in [0.2, 0.25) is 11.8 Å². The number of carbonyl (C=O) groups is 4. The van der Waals surface area contributed by atoms with E-state index in [1.165, 1.54) is 0 Å². The summed E-state index contributed by atoms with van der Waals surface area (Å²) in [5, 5.41) is 16.2. The molecule has 63 heavy (non-hydrogen) atoms. The first kappa shape index (κ1) is 51.3. The number of hydrogen-bond donors (Lipinski definition) is 2. The molecule has 7 unspecified atom stereocenters. The van der Waals surface area contributed by atoms with E-state index in [1.54, 1.807) is 0 Å². The third-order valence-corrected chi connectivity index (χ3v) is 15.4. The summed E-state index contributed by atoms with van der Waals surface area (Å²) >= 11 is 0. The van der Waals surface area contributed by atoms with Crippen molar-refractivity contribution in [2.75, 3.05) is 13.1 Å². The van der Waals surface area contributed by atoms with Crippen LogP contribution in [0.2, 0.25) is 0 Å². The standard InChI is InChI=1S/C54H75N3O4.C2H6/c1-8-9-10-11-12-13-14-15-16-17-18-19-20-21-22-23-24-25-26-27-46(59)56-34-35-57-49(61)54-31-28-41-47(42(54)38-50(2,3)32-33-54)43(58)36-45-52(41,6)30-29-44-51(4,5)48(60)40(39-55)37-53(44,45)7;1-2/h9-10,12-13,15-16,18-19,21-22,24-25,36-37,41-42,44,47H,8,11,14,17,20,23,26-35,38H2,1-7H3,(H,56,59)(H,57,61);1-2H3/b10-9-,13-12-,16-15-,19-18-,22-21-,25-24-;. The maximum atomic E-state index is 14.6. The number of nitrogens with zero attached hydrogens (tertiary/aromatic N) is 1. The summed E-state index contributed by atoms with van der Waals surface area (Å²) in [7, 11) is 0. The lowest BCUT2D eigenvalue weighted by atomic mass is 9.38. The maximum Gasteiger partial charge on any atom is 0.226 e. The highest BCUT2D eigenvalue weighted by Gasteiger charge is 2.66. The van der Waals surface area contributed by atoms with Gasteiger partial charge < -0.3 is 10.6 Å². The first-order valence-corrected chi connectivity index (χ1v) is 24.5. The Morgan fingerprint density at radius 3 is 1.86 bits per heavy atom. The zero-order chi connectivity index (χ0) is 46.3. The van der Waals surface area contributed by atoms with Crippen LogP contribution < -0.4 is 10.6 Å². The molecule has 5 rings (SSSR count). The van der Waals surface area contributed by atoms with Crippen molar-refractivity contribution in [3.05, 3.63) is 96.2 Å². The van der Waals surface area contributed by atoms with E-state index in [0.29, 0.717) is 25.9 Å². The molecule has 7 heteroatoms. The molecule has 0 aliphatic heterocycles. The average Bonchev–Trinajstić information content (AvgIpc) is 3.25. The fraction of sp³-hybridized carbons (Fsp3) is 0.625. The van der Waals surface area contributed by atoms with Crippen LogP contribution in [0.15, 0.2) is 96.2 Å². The first-order chi connectivity index (χ1) is 30.1. The van der Waals surface area contributed by atoms with Gasteiger partial charge in [-0.3, -0.25) is 19.2 Å². The summed E-state index contributed by atoms with van der Waals surface area (Å²) in [6.07, 6.45) is 42.4. The van der Waals surface area contributed by atoms with E-state index in [2.05, 4.69) is 124 Å². The second-order valence-corrected chi connectivity index (χ2v) is 20.3. The van der Waals surface area contributed by atoms with Gasteiger partial charge in [-0.15, -0.1) is 0 Å². The Hall–Kier alpha value is -4.31. The Morgan fingerprint density at radius 1 is 0.730 bits per heavy atom. The smallest absolute Gasteiger partial charge is 0.226 e. The van der Waals surface area contributed by atoms with Gasteiger partial charge in [-0.05, 0) is 125 Å². The molecule has 0 aromatic heterocycles. The summed E-state index contributed by atoms with van der Waals surface area (Å²) in [4.78, 5) is 55.0. The van der Waals surface area contributed by atoms with Gasteiger partial charge >= 0.3 is 0 Å². The number of amides is 2. The van der Waals surface area contributed by atoms with Gasteiger partial charge in [0.15, 0.2) is 11.6 Å². The van der Waals surface area contributed by atoms with E-state index in [4.69, 9.17) is 0 Å². The molecule has 3 saturated carbocycles. The van der Waals surface area contributed by atoms with Crippen molar-refractivity contribution in [1.82, 2.24) is 10.6 Å². The van der Waals surface area contributed by atoms with Crippen LogP contribution in [-0.2, 0) is 19.2 Å². The molecule has 3 fully saturated rings. The van der Waals surface area contributed by atoms with Crippen LogP contribution in [0.1, 0.15) is 159 Å². The van der Waals surface area contributed by atoms with Crippen molar-refractivity contribution in [3.8, 4) is 6.07 Å². The third kappa shape index (κ3) is 11.9. The van der Waals surface area contributed by atoms with E-state index in [9.17, 15) is 24.4 Å². The third-order valence-electron chi connectivity index (χ3n) is 15.4. The second-order valence-electron chi connectivity index (χ2n) is 20.3. The maximum absolute atomic E-state index is 14.6. The number of Topliss-reactive ketones (excluding diaryl/α,β-unsaturated/α-hetero) is 1. The number of rotatable bonds is 18. The van der Waals surface area contributed by atoms with E-state index >= 15 is 0 Å². The molecule has 0 aromatic carbocycles. The SMILES string of the molecule is CC.CC/C=C\C/C=C\C/C=C\C/C=C\C/C=C\C/C=C\CCC(=O)NCCNC(=O)C12CCC3C(C(=O)C=C4C5(C)C=C(C#N)C(=O)C(C)(C)C5CCC43C)C1CC(C)(C)CC2. The van der Waals surface area contributed by atoms with Crippen molar-refractivity contribution in [3.63, 3.8) is 0 Å². The topological polar surface area (TPSA) is 116 Å². The summed E-state index contributed by atoms with van der Waals surface area (Å²) in [6.45, 7) is 19.8. The molecule has 0 saturated heterocycles. The van der Waals surface area contributed by atoms with Gasteiger partial charge in [0.05, 0.1) is 11.0 Å². The molecule has 5 aliphatic carbocycles. The number of nitriles is 1. The van der Waals surface area contributed by atoms with Crippen LogP contribution in [0.3, 0.4) is 0 Å². The first-order valence-electron chi connectivity index (χ1n) is 24.5. The van der Waals surface area contributed by atoms with Crippen LogP contribution in [0, 0.1) is 62.1 Å². The zero-order valence-electron chi connectivity index (χ0n) is 40.5. The van der Waals surface area contributed by atoms with E-state index in [0.717, 1.165) is 89.0 Å². The molecule has 0 radical (unpaired) electrons. The lowest BCUT2D eigenvalue weighted by Gasteiger charge is -2.64. The lowest BCUT2D eigenvalue weighted by molar-refractivity contribution is -0.161. The molecule has 0 aromatic rings. The molecular weight excluding hydrogens is 779 g/mol. The summed E-state index contributed by atoms with van der Waals surface area (Å²) in [6, 6.07) is 2.19. The van der Waals surface area contributed by atoms with Crippen LogP contribution in [0.25, 0.3) is 0 Å². The summed E-state index contributed by atoms with van der Waals surface area (Å²) < 4.78 is 0. The minimum atomic E-state index is -0.696. The Morgan fingerprint density at radius 2 is 1.29 bits per heavy atom. The summed E-state index contributed by atoms with van der Waals surface area (Å²) in [5.74, 6) is -0.215. The molecule has 344 valence electrons. The lowest BCUT2D eigenvalue weighted by Crippen LogP contribution is -2.63. The Bertz CT molecular complexity index is 1910. The predicted octanol–water partition coefficient (Wildman–Crippen LogP) is 12.6. The summed E-state index contributed by atoms with van der Waals surface area (Å²) in [5.41, 5.74) is -0.847. The van der Waals surface area contributed by atoms with E-state index in [1.807, 2.05) is 39.8 Å². The fourth-order valence-corrected chi connectivity index (χ4v) is 12.2.